The molecule has 2 aromatic carbocycles. The molecule has 0 bridgehead atoms. The number of nitrogens with zero attached hydrogens (tertiary/aromatic N) is 3. The lowest BCUT2D eigenvalue weighted by molar-refractivity contribution is -0.151. The highest BCUT2D eigenvalue weighted by Gasteiger charge is 2.26. The molecule has 0 atom stereocenters. The van der Waals surface area contributed by atoms with Crippen LogP contribution < -0.4 is 0 Å². The Morgan fingerprint density at radius 1 is 1.09 bits per heavy atom. The molecule has 0 radical (unpaired) electrons. The number of esters is 1. The van der Waals surface area contributed by atoms with E-state index >= 15 is 0 Å². The van der Waals surface area contributed by atoms with Crippen LogP contribution >= 0.6 is 0 Å². The number of imide groups is 1. The summed E-state index contributed by atoms with van der Waals surface area (Å²) in [4.78, 5) is 36.9. The van der Waals surface area contributed by atoms with Gasteiger partial charge in [-0.1, -0.05) is 18.2 Å². The van der Waals surface area contributed by atoms with Gasteiger partial charge in [-0.25, -0.2) is 13.9 Å². The lowest BCUT2D eigenvalue weighted by Crippen LogP contribution is -2.35. The molecule has 2 heterocycles. The number of rotatable bonds is 6. The van der Waals surface area contributed by atoms with Gasteiger partial charge in [-0.2, -0.15) is 5.10 Å². The maximum absolute atomic E-state index is 13.4. The highest BCUT2D eigenvalue weighted by Crippen LogP contribution is 2.25. The van der Waals surface area contributed by atoms with Gasteiger partial charge in [-0.3, -0.25) is 14.5 Å². The van der Waals surface area contributed by atoms with E-state index in [-0.39, 0.29) is 11.7 Å². The van der Waals surface area contributed by atoms with Gasteiger partial charge in [0.05, 0.1) is 11.4 Å². The van der Waals surface area contributed by atoms with Crippen molar-refractivity contribution in [3.63, 3.8) is 0 Å². The van der Waals surface area contributed by atoms with Gasteiger partial charge in [-0.15, -0.1) is 0 Å². The van der Waals surface area contributed by atoms with Crippen LogP contribution in [0.1, 0.15) is 18.4 Å². The third kappa shape index (κ3) is 4.80. The van der Waals surface area contributed by atoms with Crippen LogP contribution in [-0.2, 0) is 19.1 Å². The second kappa shape index (κ2) is 9.38. The van der Waals surface area contributed by atoms with E-state index in [2.05, 4.69) is 5.10 Å². The minimum atomic E-state index is -0.720. The third-order valence-electron chi connectivity index (χ3n) is 4.99. The predicted octanol–water partition coefficient (Wildman–Crippen LogP) is 3.38. The number of ether oxygens (including phenoxy) is 1. The normalized spacial score (nSPS) is 13.7. The van der Waals surface area contributed by atoms with Gasteiger partial charge in [0.1, 0.15) is 5.82 Å². The molecule has 0 N–H and O–H groups in total. The smallest absolute Gasteiger partial charge is 0.331 e. The van der Waals surface area contributed by atoms with Crippen molar-refractivity contribution in [3.05, 3.63) is 78.3 Å². The summed E-state index contributed by atoms with van der Waals surface area (Å²) in [6, 6.07) is 15.3. The van der Waals surface area contributed by atoms with Gasteiger partial charge >= 0.3 is 5.97 Å². The van der Waals surface area contributed by atoms with Crippen molar-refractivity contribution in [1.82, 2.24) is 14.7 Å². The molecule has 7 nitrogen and oxygen atoms in total. The van der Waals surface area contributed by atoms with Crippen molar-refractivity contribution in [2.45, 2.75) is 12.8 Å². The topological polar surface area (TPSA) is 81.5 Å². The number of para-hydroxylation sites is 1. The van der Waals surface area contributed by atoms with Crippen LogP contribution in [0.2, 0.25) is 0 Å². The molecular formula is C24H20FN3O4. The molecule has 1 fully saturated rings. The number of likely N-dealkylation sites (tertiary alicyclic amines) is 1. The van der Waals surface area contributed by atoms with Crippen LogP contribution in [0.25, 0.3) is 23.0 Å². The summed E-state index contributed by atoms with van der Waals surface area (Å²) < 4.78 is 20.0. The van der Waals surface area contributed by atoms with Gasteiger partial charge in [0.2, 0.25) is 5.91 Å². The summed E-state index contributed by atoms with van der Waals surface area (Å²) in [6.45, 7) is -0.145. The van der Waals surface area contributed by atoms with E-state index in [1.54, 1.807) is 23.0 Å². The van der Waals surface area contributed by atoms with E-state index in [4.69, 9.17) is 4.74 Å². The highest BCUT2D eigenvalue weighted by atomic mass is 19.1. The maximum atomic E-state index is 13.4. The van der Waals surface area contributed by atoms with Crippen molar-refractivity contribution in [2.24, 2.45) is 0 Å². The number of amides is 2. The van der Waals surface area contributed by atoms with Crippen LogP contribution in [0.15, 0.2) is 66.9 Å². The van der Waals surface area contributed by atoms with Crippen molar-refractivity contribution >= 4 is 23.9 Å². The molecule has 0 unspecified atom stereocenters. The Kier molecular flexibility index (Phi) is 6.21. The molecule has 1 aliphatic rings. The minimum absolute atomic E-state index is 0.251. The summed E-state index contributed by atoms with van der Waals surface area (Å²) in [5, 5.41) is 4.59. The minimum Gasteiger partial charge on any atom is -0.452 e. The van der Waals surface area contributed by atoms with Crippen LogP contribution in [0.3, 0.4) is 0 Å². The standard InChI is InChI=1S/C24H20FN3O4/c25-19-11-8-17(9-12-19)24-18(15-28(26-24)20-5-2-1-3-6-20)10-13-23(31)32-16-22(30)27-14-4-7-21(27)29/h1-3,5-6,8-13,15H,4,7,14,16H2. The van der Waals surface area contributed by atoms with Crippen LogP contribution in [0.4, 0.5) is 4.39 Å². The summed E-state index contributed by atoms with van der Waals surface area (Å²) in [6.07, 6.45) is 5.41. The number of carbonyl (C=O) groups is 3. The van der Waals surface area contributed by atoms with Gasteiger partial charge < -0.3 is 4.74 Å². The Morgan fingerprint density at radius 3 is 2.53 bits per heavy atom. The highest BCUT2D eigenvalue weighted by molar-refractivity contribution is 5.98. The van der Waals surface area contributed by atoms with E-state index in [0.717, 1.165) is 10.6 Å². The summed E-state index contributed by atoms with van der Waals surface area (Å²) >= 11 is 0. The molecule has 32 heavy (non-hydrogen) atoms. The fourth-order valence-electron chi connectivity index (χ4n) is 3.38. The average Bonchev–Trinajstić information content (AvgIpc) is 3.43. The molecule has 1 saturated heterocycles. The van der Waals surface area contributed by atoms with Crippen molar-refractivity contribution in [1.29, 1.82) is 0 Å². The lowest BCUT2D eigenvalue weighted by Gasteiger charge is -2.12. The molecule has 0 spiro atoms. The Morgan fingerprint density at radius 2 is 1.84 bits per heavy atom. The van der Waals surface area contributed by atoms with Crippen LogP contribution in [0, 0.1) is 5.82 Å². The van der Waals surface area contributed by atoms with Crippen molar-refractivity contribution in [2.75, 3.05) is 13.2 Å². The molecule has 1 aliphatic heterocycles. The Bertz CT molecular complexity index is 1170. The zero-order chi connectivity index (χ0) is 22.5. The SMILES string of the molecule is O=C(C=Cc1cn(-c2ccccc2)nc1-c1ccc(F)cc1)OCC(=O)N1CCCC1=O. The summed E-state index contributed by atoms with van der Waals surface area (Å²) in [7, 11) is 0. The summed E-state index contributed by atoms with van der Waals surface area (Å²) in [5.41, 5.74) is 2.66. The fourth-order valence-corrected chi connectivity index (χ4v) is 3.38. The first kappa shape index (κ1) is 21.2. The van der Waals surface area contributed by atoms with E-state index in [0.29, 0.717) is 36.2 Å². The van der Waals surface area contributed by atoms with Crippen molar-refractivity contribution < 1.29 is 23.5 Å². The molecule has 0 aliphatic carbocycles. The zero-order valence-corrected chi connectivity index (χ0v) is 17.1. The predicted molar refractivity (Wildman–Crippen MR) is 115 cm³/mol. The van der Waals surface area contributed by atoms with E-state index in [9.17, 15) is 18.8 Å². The Balaban J connectivity index is 1.52. The number of hydrogen-bond acceptors (Lipinski definition) is 5. The third-order valence-corrected chi connectivity index (χ3v) is 4.99. The number of carbonyl (C=O) groups excluding carboxylic acids is 3. The monoisotopic (exact) mass is 433 g/mol. The first-order valence-electron chi connectivity index (χ1n) is 10.1. The Labute approximate surface area is 183 Å². The quantitative estimate of drug-likeness (QED) is 0.440. The molecular weight excluding hydrogens is 413 g/mol. The largest absolute Gasteiger partial charge is 0.452 e. The first-order chi connectivity index (χ1) is 15.5. The fraction of sp³-hybridized carbons (Fsp3) is 0.167. The lowest BCUT2D eigenvalue weighted by atomic mass is 10.1. The van der Waals surface area contributed by atoms with E-state index in [1.807, 2.05) is 30.3 Å². The second-order valence-corrected chi connectivity index (χ2v) is 7.20. The Hall–Kier alpha value is -4.07. The van der Waals surface area contributed by atoms with E-state index in [1.165, 1.54) is 24.3 Å². The molecule has 1 aromatic heterocycles. The van der Waals surface area contributed by atoms with E-state index < -0.39 is 18.5 Å². The molecule has 0 saturated carbocycles. The molecule has 8 heteroatoms. The molecule has 3 aromatic rings. The second-order valence-electron chi connectivity index (χ2n) is 7.20. The molecule has 4 rings (SSSR count). The van der Waals surface area contributed by atoms with Crippen LogP contribution in [0.5, 0.6) is 0 Å². The average molecular weight is 433 g/mol. The van der Waals surface area contributed by atoms with Gasteiger partial charge in [-0.05, 0) is 48.9 Å². The van der Waals surface area contributed by atoms with Crippen LogP contribution in [-0.4, -0.2) is 45.6 Å². The maximum Gasteiger partial charge on any atom is 0.331 e. The number of benzene rings is 2. The van der Waals surface area contributed by atoms with Crippen molar-refractivity contribution in [3.8, 4) is 16.9 Å². The number of aromatic nitrogens is 2. The van der Waals surface area contributed by atoms with Gasteiger partial charge in [0.25, 0.3) is 5.91 Å². The van der Waals surface area contributed by atoms with Gasteiger partial charge in [0, 0.05) is 36.4 Å². The zero-order valence-electron chi connectivity index (χ0n) is 17.1. The van der Waals surface area contributed by atoms with Gasteiger partial charge in [0.15, 0.2) is 6.61 Å². The summed E-state index contributed by atoms with van der Waals surface area (Å²) in [5.74, 6) is -1.86. The number of hydrogen-bond donors (Lipinski definition) is 0. The molecule has 162 valence electrons. The first-order valence-corrected chi connectivity index (χ1v) is 10.1. The molecule has 2 amide bonds. The number of halogens is 1.